The van der Waals surface area contributed by atoms with Crippen LogP contribution in [0.3, 0.4) is 0 Å². The van der Waals surface area contributed by atoms with Gasteiger partial charge >= 0.3 is 6.01 Å². The number of rotatable bonds is 4. The van der Waals surface area contributed by atoms with Crippen molar-refractivity contribution in [1.82, 2.24) is 15.2 Å². The molecule has 152 valence electrons. The van der Waals surface area contributed by atoms with Crippen molar-refractivity contribution in [1.29, 1.82) is 0 Å². The molecule has 0 bridgehead atoms. The van der Waals surface area contributed by atoms with Gasteiger partial charge in [-0.2, -0.15) is 0 Å². The molecule has 2 aromatic carbocycles. The minimum absolute atomic E-state index is 0.0710. The molecule has 0 aliphatic carbocycles. The average Bonchev–Trinajstić information content (AvgIpc) is 3.21. The van der Waals surface area contributed by atoms with Crippen LogP contribution in [0.1, 0.15) is 16.7 Å². The Morgan fingerprint density at radius 3 is 2.52 bits per heavy atom. The van der Waals surface area contributed by atoms with Gasteiger partial charge in [0, 0.05) is 29.8 Å². The summed E-state index contributed by atoms with van der Waals surface area (Å²) in [6, 6.07) is 20.5. The Morgan fingerprint density at radius 1 is 0.903 bits per heavy atom. The Labute approximate surface area is 176 Å². The molecule has 0 radical (unpaired) electrons. The van der Waals surface area contributed by atoms with Crippen LogP contribution in [0.5, 0.6) is 0 Å². The number of benzene rings is 2. The molecular formula is C23H17N5O3. The molecule has 0 spiro atoms. The Hall–Kier alpha value is -4.33. The lowest BCUT2D eigenvalue weighted by atomic mass is 9.96. The van der Waals surface area contributed by atoms with E-state index < -0.39 is 6.17 Å². The fourth-order valence-corrected chi connectivity index (χ4v) is 3.46. The molecule has 2 aromatic heterocycles. The number of hydrogen-bond acceptors (Lipinski definition) is 7. The van der Waals surface area contributed by atoms with E-state index >= 15 is 0 Å². The van der Waals surface area contributed by atoms with Gasteiger partial charge in [0.2, 0.25) is 5.56 Å². The second-order valence-corrected chi connectivity index (χ2v) is 7.04. The fourth-order valence-electron chi connectivity index (χ4n) is 3.46. The van der Waals surface area contributed by atoms with Gasteiger partial charge in [0.15, 0.2) is 11.9 Å². The van der Waals surface area contributed by atoms with E-state index in [0.717, 1.165) is 22.4 Å². The molecule has 2 N–H and O–H groups in total. The molecule has 0 saturated heterocycles. The van der Waals surface area contributed by atoms with Gasteiger partial charge in [0.25, 0.3) is 5.89 Å². The smallest absolute Gasteiger partial charge is 0.317 e. The lowest BCUT2D eigenvalue weighted by Crippen LogP contribution is -2.29. The normalized spacial score (nSPS) is 15.7. The number of Topliss-reactive ketones (excluding diaryl/α,β-unsaturated/α-hetero) is 1. The predicted molar refractivity (Wildman–Crippen MR) is 115 cm³/mol. The van der Waals surface area contributed by atoms with Gasteiger partial charge in [-0.25, -0.2) is 0 Å². The van der Waals surface area contributed by atoms with E-state index in [9.17, 15) is 9.59 Å². The zero-order valence-electron chi connectivity index (χ0n) is 16.3. The first kappa shape index (κ1) is 18.7. The van der Waals surface area contributed by atoms with Gasteiger partial charge in [-0.3, -0.25) is 14.6 Å². The molecule has 1 atom stereocenters. The van der Waals surface area contributed by atoms with E-state index in [4.69, 9.17) is 9.41 Å². The number of aliphatic imine (C=N–C) groups is 1. The molecule has 3 heterocycles. The minimum Gasteiger partial charge on any atom is -0.403 e. The Morgan fingerprint density at radius 2 is 1.71 bits per heavy atom. The second-order valence-electron chi connectivity index (χ2n) is 7.04. The van der Waals surface area contributed by atoms with Crippen molar-refractivity contribution in [3.63, 3.8) is 0 Å². The molecule has 1 aliphatic rings. The predicted octanol–water partition coefficient (Wildman–Crippen LogP) is 2.83. The highest BCUT2D eigenvalue weighted by molar-refractivity contribution is 6.16. The van der Waals surface area contributed by atoms with Crippen LogP contribution in [-0.4, -0.2) is 32.8 Å². The summed E-state index contributed by atoms with van der Waals surface area (Å²) < 4.78 is 5.64. The zero-order chi connectivity index (χ0) is 21.2. The van der Waals surface area contributed by atoms with Gasteiger partial charge in [0.1, 0.15) is 0 Å². The molecule has 31 heavy (non-hydrogen) atoms. The molecular weight excluding hydrogens is 394 g/mol. The lowest BCUT2D eigenvalue weighted by molar-refractivity contribution is -0.119. The van der Waals surface area contributed by atoms with Crippen LogP contribution in [0.4, 0.5) is 6.01 Å². The first-order chi connectivity index (χ1) is 15.2. The average molecular weight is 411 g/mol. The van der Waals surface area contributed by atoms with Crippen molar-refractivity contribution in [3.8, 4) is 11.5 Å². The van der Waals surface area contributed by atoms with Gasteiger partial charge in [-0.15, -0.1) is 5.10 Å². The van der Waals surface area contributed by atoms with Crippen molar-refractivity contribution in [3.05, 3.63) is 100.0 Å². The van der Waals surface area contributed by atoms with Crippen molar-refractivity contribution < 1.29 is 9.21 Å². The number of aromatic nitrogens is 3. The number of hydrogen-bond donors (Lipinski definition) is 2. The number of anilines is 1. The van der Waals surface area contributed by atoms with E-state index in [0.29, 0.717) is 5.56 Å². The van der Waals surface area contributed by atoms with E-state index in [2.05, 4.69) is 20.5 Å². The number of carbonyl (C=O) groups is 1. The molecule has 5 rings (SSSR count). The molecule has 4 aromatic rings. The third kappa shape index (κ3) is 3.78. The molecule has 1 unspecified atom stereocenters. The molecule has 8 heteroatoms. The van der Waals surface area contributed by atoms with Crippen LogP contribution in [0.2, 0.25) is 0 Å². The number of fused-ring (bicyclic) bond motifs is 1. The maximum Gasteiger partial charge on any atom is 0.317 e. The summed E-state index contributed by atoms with van der Waals surface area (Å²) in [5.41, 5.74) is 3.81. The highest BCUT2D eigenvalue weighted by atomic mass is 16.4. The molecule has 8 nitrogen and oxygen atoms in total. The summed E-state index contributed by atoms with van der Waals surface area (Å²) in [6.45, 7) is 0. The summed E-state index contributed by atoms with van der Waals surface area (Å²) in [5, 5.41) is 10.9. The Balaban J connectivity index is 1.50. The van der Waals surface area contributed by atoms with Crippen molar-refractivity contribution >= 4 is 17.5 Å². The van der Waals surface area contributed by atoms with Crippen LogP contribution in [0.15, 0.2) is 87.1 Å². The largest absolute Gasteiger partial charge is 0.403 e. The van der Waals surface area contributed by atoms with E-state index in [1.54, 1.807) is 6.07 Å². The van der Waals surface area contributed by atoms with Crippen molar-refractivity contribution in [2.24, 2.45) is 4.99 Å². The van der Waals surface area contributed by atoms with Gasteiger partial charge in [-0.1, -0.05) is 59.7 Å². The van der Waals surface area contributed by atoms with Gasteiger partial charge in [0.05, 0.1) is 11.3 Å². The van der Waals surface area contributed by atoms with E-state index in [1.807, 2.05) is 54.6 Å². The van der Waals surface area contributed by atoms with Crippen molar-refractivity contribution in [2.45, 2.75) is 12.6 Å². The summed E-state index contributed by atoms with van der Waals surface area (Å²) >= 11 is 0. The fraction of sp³-hybridized carbons (Fsp3) is 0.0870. The zero-order valence-corrected chi connectivity index (χ0v) is 16.3. The van der Waals surface area contributed by atoms with Crippen LogP contribution >= 0.6 is 0 Å². The minimum atomic E-state index is -0.883. The summed E-state index contributed by atoms with van der Waals surface area (Å²) in [7, 11) is 0. The highest BCUT2D eigenvalue weighted by Crippen LogP contribution is 2.23. The van der Waals surface area contributed by atoms with Crippen LogP contribution in [0.25, 0.3) is 11.5 Å². The number of aromatic amines is 1. The lowest BCUT2D eigenvalue weighted by Gasteiger charge is -2.11. The number of H-pyrrole nitrogens is 1. The number of ketones is 1. The molecule has 0 amide bonds. The number of nitrogens with one attached hydrogen (secondary N) is 2. The molecule has 1 aliphatic heterocycles. The maximum absolute atomic E-state index is 13.0. The van der Waals surface area contributed by atoms with Gasteiger partial charge in [-0.05, 0) is 11.6 Å². The number of nitrogens with zero attached hydrogens (tertiary/aromatic N) is 3. The van der Waals surface area contributed by atoms with E-state index in [-0.39, 0.29) is 29.7 Å². The standard InChI is InChI=1S/C23H17N5O3/c29-18-12-15-8-4-5-9-17(15)20(14-6-2-1-3-7-14)25-21(18)26-23-28-27-22(31-23)16-10-11-19(30)24-13-16/h1-11,13,21H,12H2,(H,24,30)(H,26,28). The van der Waals surface area contributed by atoms with Gasteiger partial charge < -0.3 is 14.7 Å². The Bertz CT molecular complexity index is 1320. The topological polar surface area (TPSA) is 113 Å². The van der Waals surface area contributed by atoms with E-state index in [1.165, 1.54) is 12.3 Å². The third-order valence-electron chi connectivity index (χ3n) is 4.96. The molecule has 0 fully saturated rings. The van der Waals surface area contributed by atoms with Crippen LogP contribution in [0, 0.1) is 0 Å². The summed E-state index contributed by atoms with van der Waals surface area (Å²) in [6.07, 6.45) is 0.833. The second kappa shape index (κ2) is 7.83. The van der Waals surface area contributed by atoms with Crippen molar-refractivity contribution in [2.75, 3.05) is 5.32 Å². The quantitative estimate of drug-likeness (QED) is 0.534. The summed E-state index contributed by atoms with van der Waals surface area (Å²) in [4.78, 5) is 31.5. The highest BCUT2D eigenvalue weighted by Gasteiger charge is 2.27. The third-order valence-corrected chi connectivity index (χ3v) is 4.96. The first-order valence-corrected chi connectivity index (χ1v) is 9.71. The summed E-state index contributed by atoms with van der Waals surface area (Å²) in [5.74, 6) is 0.109. The SMILES string of the molecule is O=C1Cc2ccccc2C(c2ccccc2)=NC1Nc1nnc(-c2ccc(=O)[nH]c2)o1. The van der Waals surface area contributed by atoms with Crippen LogP contribution < -0.4 is 10.9 Å². The first-order valence-electron chi connectivity index (χ1n) is 9.71. The number of pyridine rings is 1. The monoisotopic (exact) mass is 411 g/mol. The Kier molecular flexibility index (Phi) is 4.72. The maximum atomic E-state index is 13.0. The molecule has 0 saturated carbocycles. The number of carbonyl (C=O) groups excluding carboxylic acids is 1. The van der Waals surface area contributed by atoms with Crippen LogP contribution in [-0.2, 0) is 11.2 Å².